The maximum Gasteiger partial charge on any atom is 0.0491 e. The van der Waals surface area contributed by atoms with Crippen molar-refractivity contribution in [1.29, 1.82) is 0 Å². The van der Waals surface area contributed by atoms with Crippen LogP contribution in [-0.2, 0) is 6.54 Å². The molecular weight excluding hydrogens is 290 g/mol. The van der Waals surface area contributed by atoms with Crippen LogP contribution in [0.5, 0.6) is 0 Å². The largest absolute Gasteiger partial charge is 0.341 e. The number of fused-ring (bicyclic) bond motifs is 3. The van der Waals surface area contributed by atoms with E-state index in [1.807, 2.05) is 25.2 Å². The third-order valence-corrected chi connectivity index (χ3v) is 3.95. The van der Waals surface area contributed by atoms with Crippen LogP contribution in [0.25, 0.3) is 21.8 Å². The molecule has 0 radical (unpaired) electrons. The van der Waals surface area contributed by atoms with Gasteiger partial charge < -0.3 is 4.57 Å². The Morgan fingerprint density at radius 1 is 0.917 bits per heavy atom. The smallest absolute Gasteiger partial charge is 0.0491 e. The van der Waals surface area contributed by atoms with Crippen molar-refractivity contribution in [3.05, 3.63) is 97.6 Å². The van der Waals surface area contributed by atoms with Gasteiger partial charge >= 0.3 is 0 Å². The highest BCUT2D eigenvalue weighted by atomic mass is 15.0. The normalized spacial score (nSPS) is 10.4. The molecule has 0 aliphatic rings. The van der Waals surface area contributed by atoms with Gasteiger partial charge in [-0.2, -0.15) is 0 Å². The Kier molecular flexibility index (Phi) is 6.39. The number of hydrogen-bond acceptors (Lipinski definition) is 0. The first-order valence-electron chi connectivity index (χ1n) is 8.30. The summed E-state index contributed by atoms with van der Waals surface area (Å²) in [5, 5.41) is 2.71. The van der Waals surface area contributed by atoms with Crippen LogP contribution in [0, 0.1) is 0 Å². The number of nitrogens with zero attached hydrogens (tertiary/aromatic N) is 1. The number of aromatic nitrogens is 1. The van der Waals surface area contributed by atoms with E-state index in [0.717, 1.165) is 12.1 Å². The predicted octanol–water partition coefficient (Wildman–Crippen LogP) is 6.68. The summed E-state index contributed by atoms with van der Waals surface area (Å²) in [6.07, 6.45) is 9.42. The van der Waals surface area contributed by atoms with Crippen molar-refractivity contribution < 1.29 is 0 Å². The second kappa shape index (κ2) is 8.73. The van der Waals surface area contributed by atoms with Gasteiger partial charge in [0.2, 0.25) is 0 Å². The van der Waals surface area contributed by atoms with Gasteiger partial charge in [-0.3, -0.25) is 0 Å². The van der Waals surface area contributed by atoms with Crippen molar-refractivity contribution in [3.63, 3.8) is 0 Å². The molecule has 3 aromatic rings. The summed E-state index contributed by atoms with van der Waals surface area (Å²) in [5.74, 6) is 0. The summed E-state index contributed by atoms with van der Waals surface area (Å²) in [4.78, 5) is 0. The van der Waals surface area contributed by atoms with E-state index < -0.39 is 0 Å². The average molecular weight is 315 g/mol. The van der Waals surface area contributed by atoms with E-state index in [1.54, 1.807) is 12.2 Å². The van der Waals surface area contributed by atoms with Gasteiger partial charge in [-0.1, -0.05) is 79.9 Å². The van der Waals surface area contributed by atoms with Crippen LogP contribution in [0.2, 0.25) is 0 Å². The minimum Gasteiger partial charge on any atom is -0.341 e. The Balaban J connectivity index is 0.000000202. The Labute approximate surface area is 144 Å². The van der Waals surface area contributed by atoms with Crippen LogP contribution < -0.4 is 0 Å². The average Bonchev–Trinajstić information content (AvgIpc) is 2.97. The molecule has 0 unspecified atom stereocenters. The van der Waals surface area contributed by atoms with Crippen LogP contribution in [0.15, 0.2) is 97.6 Å². The monoisotopic (exact) mass is 315 g/mol. The molecule has 0 saturated carbocycles. The van der Waals surface area contributed by atoms with E-state index in [2.05, 4.69) is 73.2 Å². The molecule has 0 spiro atoms. The molecule has 3 rings (SSSR count). The van der Waals surface area contributed by atoms with Gasteiger partial charge in [-0.25, -0.2) is 0 Å². The summed E-state index contributed by atoms with van der Waals surface area (Å²) >= 11 is 0. The number of para-hydroxylation sites is 2. The number of allylic oxidation sites excluding steroid dienone is 6. The molecular formula is C23H25N. The number of rotatable bonds is 4. The van der Waals surface area contributed by atoms with Gasteiger partial charge in [0.1, 0.15) is 0 Å². The predicted molar refractivity (Wildman–Crippen MR) is 108 cm³/mol. The molecule has 0 fully saturated rings. The second-order valence-electron chi connectivity index (χ2n) is 5.38. The van der Waals surface area contributed by atoms with Gasteiger partial charge in [0.15, 0.2) is 0 Å². The van der Waals surface area contributed by atoms with Gasteiger partial charge in [-0.15, -0.1) is 0 Å². The highest BCUT2D eigenvalue weighted by Gasteiger charge is 2.06. The van der Waals surface area contributed by atoms with Gasteiger partial charge in [0.05, 0.1) is 0 Å². The first kappa shape index (κ1) is 17.6. The van der Waals surface area contributed by atoms with Crippen LogP contribution >= 0.6 is 0 Å². The fourth-order valence-corrected chi connectivity index (χ4v) is 2.77. The molecule has 0 aliphatic carbocycles. The molecule has 0 amide bonds. The van der Waals surface area contributed by atoms with Gasteiger partial charge in [0, 0.05) is 28.4 Å². The third kappa shape index (κ3) is 3.75. The lowest BCUT2D eigenvalue weighted by molar-refractivity contribution is 0.827. The van der Waals surface area contributed by atoms with Crippen molar-refractivity contribution in [2.24, 2.45) is 0 Å². The zero-order valence-electron chi connectivity index (χ0n) is 14.6. The molecule has 0 N–H and O–H groups in total. The maximum absolute atomic E-state index is 3.61. The standard InChI is InChI=1S/C14H13N.C9H12/c1-2-15-13-9-5-3-7-11(13)12-8-4-6-10-14(12)15;1-4-7-8-9(5-2)6-3/h3-10H,2H2,1H3;4-8H,2-3H2,1H3/b;7-4-. The zero-order chi connectivity index (χ0) is 17.4. The van der Waals surface area contributed by atoms with E-state index in [4.69, 9.17) is 0 Å². The first-order valence-corrected chi connectivity index (χ1v) is 8.30. The van der Waals surface area contributed by atoms with Gasteiger partial charge in [-0.05, 0) is 31.6 Å². The molecule has 0 bridgehead atoms. The summed E-state index contributed by atoms with van der Waals surface area (Å²) in [6.45, 7) is 12.4. The summed E-state index contributed by atoms with van der Waals surface area (Å²) < 4.78 is 2.37. The molecule has 1 nitrogen and oxygen atoms in total. The fourth-order valence-electron chi connectivity index (χ4n) is 2.77. The molecule has 1 heteroatoms. The lowest BCUT2D eigenvalue weighted by Gasteiger charge is -2.01. The van der Waals surface area contributed by atoms with Crippen molar-refractivity contribution >= 4 is 21.8 Å². The zero-order valence-corrected chi connectivity index (χ0v) is 14.6. The van der Waals surface area contributed by atoms with Crippen LogP contribution in [-0.4, -0.2) is 4.57 Å². The van der Waals surface area contributed by atoms with E-state index in [0.29, 0.717) is 0 Å². The molecule has 0 aliphatic heterocycles. The number of aryl methyl sites for hydroxylation is 1. The molecule has 122 valence electrons. The molecule has 2 aromatic carbocycles. The minimum atomic E-state index is 1.02. The second-order valence-corrected chi connectivity index (χ2v) is 5.38. The van der Waals surface area contributed by atoms with Crippen molar-refractivity contribution in [1.82, 2.24) is 4.57 Å². The topological polar surface area (TPSA) is 4.93 Å². The van der Waals surface area contributed by atoms with Crippen molar-refractivity contribution in [3.8, 4) is 0 Å². The van der Waals surface area contributed by atoms with Crippen molar-refractivity contribution in [2.75, 3.05) is 0 Å². The highest BCUT2D eigenvalue weighted by molar-refractivity contribution is 6.07. The summed E-state index contributed by atoms with van der Waals surface area (Å²) in [7, 11) is 0. The Morgan fingerprint density at radius 3 is 1.83 bits per heavy atom. The highest BCUT2D eigenvalue weighted by Crippen LogP contribution is 2.28. The van der Waals surface area contributed by atoms with Gasteiger partial charge in [0.25, 0.3) is 0 Å². The molecule has 0 saturated heterocycles. The van der Waals surface area contributed by atoms with Crippen LogP contribution in [0.1, 0.15) is 13.8 Å². The summed E-state index contributed by atoms with van der Waals surface area (Å²) in [5.41, 5.74) is 3.72. The SMILES string of the molecule is C=CC(C=C)=C/C=C\C.CCn1c2ccccc2c2ccccc21. The summed E-state index contributed by atoms with van der Waals surface area (Å²) in [6, 6.07) is 17.2. The lowest BCUT2D eigenvalue weighted by Crippen LogP contribution is -1.91. The van der Waals surface area contributed by atoms with E-state index in [9.17, 15) is 0 Å². The van der Waals surface area contributed by atoms with E-state index >= 15 is 0 Å². The molecule has 1 heterocycles. The quantitative estimate of drug-likeness (QED) is 0.473. The van der Waals surface area contributed by atoms with Crippen molar-refractivity contribution in [2.45, 2.75) is 20.4 Å². The first-order chi connectivity index (χ1) is 11.8. The molecule has 0 atom stereocenters. The van der Waals surface area contributed by atoms with Crippen LogP contribution in [0.3, 0.4) is 0 Å². The number of benzene rings is 2. The Bertz CT molecular complexity index is 827. The van der Waals surface area contributed by atoms with Crippen LogP contribution in [0.4, 0.5) is 0 Å². The lowest BCUT2D eigenvalue weighted by atomic mass is 10.2. The van der Waals surface area contributed by atoms with E-state index in [-0.39, 0.29) is 0 Å². The Hall–Kier alpha value is -2.80. The Morgan fingerprint density at radius 2 is 1.42 bits per heavy atom. The number of hydrogen-bond donors (Lipinski definition) is 0. The third-order valence-electron chi connectivity index (χ3n) is 3.95. The molecule has 1 aromatic heterocycles. The fraction of sp³-hybridized carbons (Fsp3) is 0.130. The minimum absolute atomic E-state index is 1.02. The maximum atomic E-state index is 3.61. The van der Waals surface area contributed by atoms with E-state index in [1.165, 1.54) is 21.8 Å². The molecule has 24 heavy (non-hydrogen) atoms.